The summed E-state index contributed by atoms with van der Waals surface area (Å²) in [6.45, 7) is 0. The van der Waals surface area contributed by atoms with Gasteiger partial charge in [-0.3, -0.25) is 4.79 Å². The Morgan fingerprint density at radius 1 is 1.32 bits per heavy atom. The Labute approximate surface area is 123 Å². The van der Waals surface area contributed by atoms with Crippen LogP contribution in [0.3, 0.4) is 0 Å². The van der Waals surface area contributed by atoms with E-state index in [1.165, 1.54) is 25.3 Å². The third-order valence-corrected chi connectivity index (χ3v) is 3.56. The minimum absolute atomic E-state index is 0.0104. The zero-order valence-electron chi connectivity index (χ0n) is 9.91. The number of carbonyl (C=O) groups excluding carboxylic acids is 1. The number of hydrogen-bond acceptors (Lipinski definition) is 2. The quantitative estimate of drug-likeness (QED) is 0.768. The zero-order valence-corrected chi connectivity index (χ0v) is 12.3. The molecule has 19 heavy (non-hydrogen) atoms. The molecule has 0 heterocycles. The molecule has 0 fully saturated rings. The Morgan fingerprint density at radius 3 is 2.63 bits per heavy atom. The van der Waals surface area contributed by atoms with Crippen molar-refractivity contribution in [2.24, 2.45) is 0 Å². The molecule has 0 saturated heterocycles. The summed E-state index contributed by atoms with van der Waals surface area (Å²) in [5, 5.41) is 0.306. The predicted molar refractivity (Wildman–Crippen MR) is 75.5 cm³/mol. The molecule has 0 aliphatic rings. The maximum absolute atomic E-state index is 13.7. The van der Waals surface area contributed by atoms with Crippen molar-refractivity contribution in [3.8, 4) is 5.75 Å². The monoisotopic (exact) mass is 342 g/mol. The Balaban J connectivity index is 2.48. The van der Waals surface area contributed by atoms with Gasteiger partial charge in [0.2, 0.25) is 0 Å². The molecule has 2 rings (SSSR count). The molecule has 0 aromatic heterocycles. The van der Waals surface area contributed by atoms with Crippen LogP contribution < -0.4 is 4.74 Å². The SMILES string of the molecule is COc1ccc(C(=O)c2c(F)cccc2Br)cc1Cl. The highest BCUT2D eigenvalue weighted by atomic mass is 79.9. The van der Waals surface area contributed by atoms with E-state index in [0.717, 1.165) is 0 Å². The summed E-state index contributed by atoms with van der Waals surface area (Å²) in [5.41, 5.74) is 0.292. The highest BCUT2D eigenvalue weighted by molar-refractivity contribution is 9.10. The number of ketones is 1. The first-order valence-corrected chi connectivity index (χ1v) is 6.54. The molecule has 5 heteroatoms. The van der Waals surface area contributed by atoms with Gasteiger partial charge in [0.15, 0.2) is 5.78 Å². The molecule has 0 radical (unpaired) electrons. The smallest absolute Gasteiger partial charge is 0.197 e. The number of methoxy groups -OCH3 is 1. The van der Waals surface area contributed by atoms with Crippen LogP contribution in [-0.4, -0.2) is 12.9 Å². The summed E-state index contributed by atoms with van der Waals surface area (Å²) in [4.78, 5) is 12.3. The zero-order chi connectivity index (χ0) is 14.0. The van der Waals surface area contributed by atoms with E-state index in [1.54, 1.807) is 18.2 Å². The minimum atomic E-state index is -0.577. The van der Waals surface area contributed by atoms with E-state index in [2.05, 4.69) is 15.9 Å². The number of benzene rings is 2. The molecule has 0 saturated carbocycles. The molecule has 0 atom stereocenters. The summed E-state index contributed by atoms with van der Waals surface area (Å²) in [6, 6.07) is 8.96. The normalized spacial score (nSPS) is 10.3. The first-order chi connectivity index (χ1) is 9.04. The molecule has 0 unspecified atom stereocenters. The van der Waals surface area contributed by atoms with Crippen molar-refractivity contribution in [3.63, 3.8) is 0 Å². The first kappa shape index (κ1) is 14.0. The van der Waals surface area contributed by atoms with Crippen LogP contribution in [0.25, 0.3) is 0 Å². The largest absolute Gasteiger partial charge is 0.495 e. The Bertz CT molecular complexity index is 623. The summed E-state index contributed by atoms with van der Waals surface area (Å²) >= 11 is 9.13. The fraction of sp³-hybridized carbons (Fsp3) is 0.0714. The maximum atomic E-state index is 13.7. The van der Waals surface area contributed by atoms with E-state index in [0.29, 0.717) is 20.8 Å². The molecule has 0 aliphatic carbocycles. The number of rotatable bonds is 3. The van der Waals surface area contributed by atoms with Crippen LogP contribution >= 0.6 is 27.5 Å². The fourth-order valence-corrected chi connectivity index (χ4v) is 2.45. The van der Waals surface area contributed by atoms with Gasteiger partial charge in [0.05, 0.1) is 17.7 Å². The molecule has 2 nitrogen and oxygen atoms in total. The van der Waals surface area contributed by atoms with Gasteiger partial charge in [0.25, 0.3) is 0 Å². The molecule has 2 aromatic rings. The van der Waals surface area contributed by atoms with Gasteiger partial charge >= 0.3 is 0 Å². The molecule has 0 aliphatic heterocycles. The van der Waals surface area contributed by atoms with E-state index in [9.17, 15) is 9.18 Å². The van der Waals surface area contributed by atoms with Crippen LogP contribution in [-0.2, 0) is 0 Å². The number of halogens is 3. The Morgan fingerprint density at radius 2 is 2.05 bits per heavy atom. The molecule has 0 amide bonds. The lowest BCUT2D eigenvalue weighted by atomic mass is 10.0. The first-order valence-electron chi connectivity index (χ1n) is 5.37. The second-order valence-corrected chi connectivity index (χ2v) is 5.04. The Kier molecular flexibility index (Phi) is 4.22. The van der Waals surface area contributed by atoms with Crippen LogP contribution in [0.15, 0.2) is 40.9 Å². The van der Waals surface area contributed by atoms with E-state index >= 15 is 0 Å². The molecule has 0 N–H and O–H groups in total. The lowest BCUT2D eigenvalue weighted by molar-refractivity contribution is 0.103. The van der Waals surface area contributed by atoms with Gasteiger partial charge in [-0.1, -0.05) is 17.7 Å². The average molecular weight is 344 g/mol. The standard InChI is InChI=1S/C14H9BrClFO2/c1-19-12-6-5-8(7-10(12)16)14(18)13-9(15)3-2-4-11(13)17/h2-7H,1H3. The van der Waals surface area contributed by atoms with Gasteiger partial charge in [-0.15, -0.1) is 0 Å². The third-order valence-electron chi connectivity index (χ3n) is 2.60. The van der Waals surface area contributed by atoms with Gasteiger partial charge < -0.3 is 4.74 Å². The van der Waals surface area contributed by atoms with Crippen molar-refractivity contribution < 1.29 is 13.9 Å². The van der Waals surface area contributed by atoms with E-state index in [1.807, 2.05) is 0 Å². The number of carbonyl (C=O) groups is 1. The van der Waals surface area contributed by atoms with Crippen LogP contribution in [0.1, 0.15) is 15.9 Å². The lowest BCUT2D eigenvalue weighted by Crippen LogP contribution is -2.05. The van der Waals surface area contributed by atoms with Gasteiger partial charge in [-0.05, 0) is 46.3 Å². The molecule has 0 spiro atoms. The minimum Gasteiger partial charge on any atom is -0.495 e. The average Bonchev–Trinajstić information content (AvgIpc) is 2.38. The summed E-state index contributed by atoms with van der Waals surface area (Å²) in [5.74, 6) is -0.549. The van der Waals surface area contributed by atoms with Crippen molar-refractivity contribution in [3.05, 3.63) is 62.8 Å². The van der Waals surface area contributed by atoms with E-state index in [-0.39, 0.29) is 5.56 Å². The molecular weight excluding hydrogens is 335 g/mol. The van der Waals surface area contributed by atoms with E-state index < -0.39 is 11.6 Å². The van der Waals surface area contributed by atoms with Crippen molar-refractivity contribution >= 4 is 33.3 Å². The van der Waals surface area contributed by atoms with Crippen molar-refractivity contribution in [1.82, 2.24) is 0 Å². The highest BCUT2D eigenvalue weighted by Gasteiger charge is 2.18. The van der Waals surface area contributed by atoms with Gasteiger partial charge in [0, 0.05) is 10.0 Å². The van der Waals surface area contributed by atoms with Crippen LogP contribution in [0.4, 0.5) is 4.39 Å². The highest BCUT2D eigenvalue weighted by Crippen LogP contribution is 2.28. The van der Waals surface area contributed by atoms with Gasteiger partial charge in [0.1, 0.15) is 11.6 Å². The van der Waals surface area contributed by atoms with Gasteiger partial charge in [-0.25, -0.2) is 4.39 Å². The molecule has 0 bridgehead atoms. The number of ether oxygens (including phenoxy) is 1. The molecule has 2 aromatic carbocycles. The third kappa shape index (κ3) is 2.80. The lowest BCUT2D eigenvalue weighted by Gasteiger charge is -2.07. The van der Waals surface area contributed by atoms with Crippen molar-refractivity contribution in [2.75, 3.05) is 7.11 Å². The molecule has 98 valence electrons. The van der Waals surface area contributed by atoms with Crippen LogP contribution in [0.5, 0.6) is 5.75 Å². The summed E-state index contributed by atoms with van der Waals surface area (Å²) in [6.07, 6.45) is 0. The second kappa shape index (κ2) is 5.72. The topological polar surface area (TPSA) is 26.3 Å². The summed E-state index contributed by atoms with van der Waals surface area (Å²) < 4.78 is 19.1. The Hall–Kier alpha value is -1.39. The molecular formula is C14H9BrClFO2. The number of hydrogen-bond donors (Lipinski definition) is 0. The maximum Gasteiger partial charge on any atom is 0.197 e. The van der Waals surface area contributed by atoms with Crippen molar-refractivity contribution in [1.29, 1.82) is 0 Å². The van der Waals surface area contributed by atoms with Gasteiger partial charge in [-0.2, -0.15) is 0 Å². The van der Waals surface area contributed by atoms with E-state index in [4.69, 9.17) is 16.3 Å². The fourth-order valence-electron chi connectivity index (χ4n) is 1.67. The van der Waals surface area contributed by atoms with Crippen LogP contribution in [0, 0.1) is 5.82 Å². The predicted octanol–water partition coefficient (Wildman–Crippen LogP) is 4.48. The van der Waals surface area contributed by atoms with Crippen molar-refractivity contribution in [2.45, 2.75) is 0 Å². The van der Waals surface area contributed by atoms with Crippen LogP contribution in [0.2, 0.25) is 5.02 Å². The second-order valence-electron chi connectivity index (χ2n) is 3.78. The summed E-state index contributed by atoms with van der Waals surface area (Å²) in [7, 11) is 1.48.